The van der Waals surface area contributed by atoms with Gasteiger partial charge in [0.1, 0.15) is 11.6 Å². The predicted molar refractivity (Wildman–Crippen MR) is 141 cm³/mol. The third-order valence-corrected chi connectivity index (χ3v) is 7.78. The van der Waals surface area contributed by atoms with Gasteiger partial charge in [-0.1, -0.05) is 29.8 Å². The van der Waals surface area contributed by atoms with Crippen molar-refractivity contribution in [2.75, 3.05) is 25.0 Å². The Hall–Kier alpha value is -2.50. The maximum atomic E-state index is 13.5. The summed E-state index contributed by atoms with van der Waals surface area (Å²) in [6.45, 7) is 4.40. The molecular formula is C29H34ClFN4. The van der Waals surface area contributed by atoms with E-state index in [-0.39, 0.29) is 5.82 Å². The van der Waals surface area contributed by atoms with Gasteiger partial charge in [-0.2, -0.15) is 0 Å². The summed E-state index contributed by atoms with van der Waals surface area (Å²) in [6, 6.07) is 14.6. The zero-order chi connectivity index (χ0) is 24.0. The molecule has 0 atom stereocenters. The van der Waals surface area contributed by atoms with Crippen molar-refractivity contribution in [2.24, 2.45) is 11.8 Å². The fraction of sp³-hybridized carbons (Fsp3) is 0.448. The van der Waals surface area contributed by atoms with E-state index in [0.29, 0.717) is 17.5 Å². The first-order valence-electron chi connectivity index (χ1n) is 12.9. The molecule has 0 bridgehead atoms. The van der Waals surface area contributed by atoms with Crippen LogP contribution in [0.2, 0.25) is 5.02 Å². The molecule has 1 N–H and O–H groups in total. The molecular weight excluding hydrogens is 459 g/mol. The fourth-order valence-corrected chi connectivity index (χ4v) is 5.76. The number of nitrogens with zero attached hydrogens (tertiary/aromatic N) is 3. The molecule has 35 heavy (non-hydrogen) atoms. The van der Waals surface area contributed by atoms with Gasteiger partial charge in [0.25, 0.3) is 0 Å². The lowest BCUT2D eigenvalue weighted by molar-refractivity contribution is 0.202. The van der Waals surface area contributed by atoms with Gasteiger partial charge in [0.15, 0.2) is 0 Å². The van der Waals surface area contributed by atoms with Gasteiger partial charge < -0.3 is 10.2 Å². The summed E-state index contributed by atoms with van der Waals surface area (Å²) < 4.78 is 13.5. The average molecular weight is 493 g/mol. The first-order valence-corrected chi connectivity index (χ1v) is 13.3. The van der Waals surface area contributed by atoms with E-state index in [1.165, 1.54) is 70.3 Å². The molecule has 1 aromatic carbocycles. The van der Waals surface area contributed by atoms with E-state index in [0.717, 1.165) is 40.7 Å². The summed E-state index contributed by atoms with van der Waals surface area (Å²) in [7, 11) is 0. The highest BCUT2D eigenvalue weighted by Crippen LogP contribution is 2.33. The van der Waals surface area contributed by atoms with Crippen LogP contribution in [0.3, 0.4) is 0 Å². The van der Waals surface area contributed by atoms with E-state index in [9.17, 15) is 4.39 Å². The number of rotatable bonds is 8. The lowest BCUT2D eigenvalue weighted by Gasteiger charge is -2.31. The van der Waals surface area contributed by atoms with Crippen LogP contribution in [-0.2, 0) is 13.0 Å². The Bertz CT molecular complexity index is 1120. The zero-order valence-corrected chi connectivity index (χ0v) is 21.0. The number of nitrogens with one attached hydrogen (secondary N) is 1. The molecule has 0 radical (unpaired) electrons. The van der Waals surface area contributed by atoms with Gasteiger partial charge in [-0.15, -0.1) is 0 Å². The second-order valence-corrected chi connectivity index (χ2v) is 10.6. The second-order valence-electron chi connectivity index (χ2n) is 10.1. The molecule has 2 aromatic heterocycles. The minimum absolute atomic E-state index is 0.234. The molecule has 0 unspecified atom stereocenters. The van der Waals surface area contributed by atoms with Crippen LogP contribution in [-0.4, -0.2) is 34.5 Å². The molecule has 1 aliphatic carbocycles. The minimum atomic E-state index is -0.234. The van der Waals surface area contributed by atoms with E-state index in [2.05, 4.69) is 21.3 Å². The molecule has 2 aliphatic rings. The van der Waals surface area contributed by atoms with Crippen LogP contribution in [0.4, 0.5) is 10.2 Å². The van der Waals surface area contributed by atoms with Crippen LogP contribution in [0.15, 0.2) is 54.7 Å². The number of hydrogen-bond acceptors (Lipinski definition) is 4. The van der Waals surface area contributed by atoms with Crippen LogP contribution in [0, 0.1) is 17.7 Å². The molecule has 4 nitrogen and oxygen atoms in total. The van der Waals surface area contributed by atoms with Gasteiger partial charge in [-0.05, 0) is 106 Å². The van der Waals surface area contributed by atoms with Crippen molar-refractivity contribution < 1.29 is 4.39 Å². The number of anilines is 1. The predicted octanol–water partition coefficient (Wildman–Crippen LogP) is 6.99. The summed E-state index contributed by atoms with van der Waals surface area (Å²) in [6.07, 6.45) is 10.8. The maximum absolute atomic E-state index is 13.5. The Morgan fingerprint density at radius 3 is 2.54 bits per heavy atom. The summed E-state index contributed by atoms with van der Waals surface area (Å²) in [4.78, 5) is 12.1. The van der Waals surface area contributed by atoms with Gasteiger partial charge in [0, 0.05) is 30.5 Å². The Kier molecular flexibility index (Phi) is 7.95. The van der Waals surface area contributed by atoms with Crippen LogP contribution in [0.25, 0.3) is 11.3 Å². The molecule has 1 saturated carbocycles. The van der Waals surface area contributed by atoms with Crippen LogP contribution >= 0.6 is 11.6 Å². The summed E-state index contributed by atoms with van der Waals surface area (Å²) in [5.41, 5.74) is 3.69. The highest BCUT2D eigenvalue weighted by Gasteiger charge is 2.24. The van der Waals surface area contributed by atoms with Crippen LogP contribution < -0.4 is 5.32 Å². The molecule has 2 fully saturated rings. The highest BCUT2D eigenvalue weighted by molar-refractivity contribution is 6.33. The monoisotopic (exact) mass is 492 g/mol. The van der Waals surface area contributed by atoms with Gasteiger partial charge in [-0.3, -0.25) is 4.98 Å². The van der Waals surface area contributed by atoms with Gasteiger partial charge in [0.05, 0.1) is 10.7 Å². The average Bonchev–Trinajstić information content (AvgIpc) is 3.38. The topological polar surface area (TPSA) is 41.0 Å². The summed E-state index contributed by atoms with van der Waals surface area (Å²) >= 11 is 6.55. The molecule has 5 rings (SSSR count). The summed E-state index contributed by atoms with van der Waals surface area (Å²) in [5, 5.41) is 3.90. The number of benzene rings is 1. The zero-order valence-electron chi connectivity index (χ0n) is 20.2. The van der Waals surface area contributed by atoms with E-state index in [1.807, 2.05) is 24.3 Å². The molecule has 3 aromatic rings. The van der Waals surface area contributed by atoms with Crippen molar-refractivity contribution >= 4 is 17.4 Å². The van der Waals surface area contributed by atoms with Gasteiger partial charge >= 0.3 is 0 Å². The first kappa shape index (κ1) is 24.2. The van der Waals surface area contributed by atoms with Crippen molar-refractivity contribution in [2.45, 2.75) is 51.5 Å². The lowest BCUT2D eigenvalue weighted by Crippen LogP contribution is -2.29. The number of hydrogen-bond donors (Lipinski definition) is 1. The van der Waals surface area contributed by atoms with Crippen molar-refractivity contribution in [3.63, 3.8) is 0 Å². The van der Waals surface area contributed by atoms with E-state index in [4.69, 9.17) is 16.6 Å². The normalized spacial score (nSPS) is 20.7. The third kappa shape index (κ3) is 6.59. The van der Waals surface area contributed by atoms with E-state index < -0.39 is 0 Å². The van der Waals surface area contributed by atoms with Gasteiger partial charge in [-0.25, -0.2) is 9.37 Å². The smallest absolute Gasteiger partial charge is 0.126 e. The molecule has 3 heterocycles. The number of aromatic nitrogens is 2. The van der Waals surface area contributed by atoms with Gasteiger partial charge in [0.2, 0.25) is 0 Å². The largest absolute Gasteiger partial charge is 0.366 e. The molecule has 0 spiro atoms. The Balaban J connectivity index is 1.20. The third-order valence-electron chi connectivity index (χ3n) is 7.48. The van der Waals surface area contributed by atoms with Crippen molar-refractivity contribution in [3.8, 4) is 11.3 Å². The van der Waals surface area contributed by atoms with Crippen molar-refractivity contribution in [1.82, 2.24) is 14.9 Å². The number of halogens is 2. The SMILES string of the molecule is Fc1cccc(CNc2cccc(-c3cc(CC4CCC(CN5CCCC5)CC4)ncc3Cl)n2)c1. The Morgan fingerprint density at radius 1 is 0.971 bits per heavy atom. The molecule has 184 valence electrons. The number of pyridine rings is 2. The lowest BCUT2D eigenvalue weighted by atomic mass is 9.79. The molecule has 0 amide bonds. The maximum Gasteiger partial charge on any atom is 0.126 e. The fourth-order valence-electron chi connectivity index (χ4n) is 5.56. The van der Waals surface area contributed by atoms with Crippen LogP contribution in [0.1, 0.15) is 49.8 Å². The van der Waals surface area contributed by atoms with Crippen LogP contribution in [0.5, 0.6) is 0 Å². The molecule has 6 heteroatoms. The van der Waals surface area contributed by atoms with Crippen molar-refractivity contribution in [1.29, 1.82) is 0 Å². The van der Waals surface area contributed by atoms with E-state index >= 15 is 0 Å². The first-order chi connectivity index (χ1) is 17.1. The standard InChI is InChI=1S/C29H34ClFN4/c30-27-19-32-25(16-21-9-11-22(12-10-21)20-35-13-1-2-14-35)17-26(27)28-7-4-8-29(34-28)33-18-23-5-3-6-24(31)15-23/h3-8,15,17,19,21-22H,1-2,9-14,16,18,20H2,(H,33,34). The summed E-state index contributed by atoms with van der Waals surface area (Å²) in [5.74, 6) is 2.06. The second kappa shape index (κ2) is 11.5. The Labute approximate surface area is 212 Å². The molecule has 1 aliphatic heterocycles. The van der Waals surface area contributed by atoms with Crippen molar-refractivity contribution in [3.05, 3.63) is 76.8 Å². The highest BCUT2D eigenvalue weighted by atomic mass is 35.5. The molecule has 1 saturated heterocycles. The van der Waals surface area contributed by atoms with E-state index in [1.54, 1.807) is 12.3 Å². The number of likely N-dealkylation sites (tertiary alicyclic amines) is 1. The minimum Gasteiger partial charge on any atom is -0.366 e. The quantitative estimate of drug-likeness (QED) is 0.368. The Morgan fingerprint density at radius 2 is 1.74 bits per heavy atom.